The highest BCUT2D eigenvalue weighted by atomic mass is 19.1. The third-order valence-electron chi connectivity index (χ3n) is 3.48. The van der Waals surface area contributed by atoms with Crippen LogP contribution in [0.2, 0.25) is 0 Å². The highest BCUT2D eigenvalue weighted by molar-refractivity contribution is 5.98. The van der Waals surface area contributed by atoms with Crippen molar-refractivity contribution < 1.29 is 13.9 Å². The fraction of sp³-hybridized carbons (Fsp3) is 0.600. The van der Waals surface area contributed by atoms with E-state index >= 15 is 0 Å². The van der Waals surface area contributed by atoms with Crippen LogP contribution in [0.3, 0.4) is 0 Å². The first-order valence-electron chi connectivity index (χ1n) is 7.38. The van der Waals surface area contributed by atoms with Gasteiger partial charge in [-0.3, -0.25) is 4.79 Å². The Bertz CT molecular complexity index is 490. The molecule has 2 heterocycles. The molecule has 1 aliphatic heterocycles. The van der Waals surface area contributed by atoms with Crippen LogP contribution in [0, 0.1) is 5.82 Å². The van der Waals surface area contributed by atoms with Crippen LogP contribution in [0.4, 0.5) is 10.2 Å². The summed E-state index contributed by atoms with van der Waals surface area (Å²) in [5.74, 6) is -0.315. The number of amides is 1. The first-order valence-corrected chi connectivity index (χ1v) is 7.38. The molecule has 0 bridgehead atoms. The fourth-order valence-electron chi connectivity index (χ4n) is 2.37. The Kier molecular flexibility index (Phi) is 5.50. The molecule has 0 radical (unpaired) electrons. The number of halogens is 1. The van der Waals surface area contributed by atoms with Crippen molar-refractivity contribution in [1.82, 2.24) is 9.88 Å². The van der Waals surface area contributed by atoms with Gasteiger partial charge in [-0.15, -0.1) is 0 Å². The molecule has 1 aliphatic rings. The van der Waals surface area contributed by atoms with Crippen LogP contribution in [0.25, 0.3) is 0 Å². The van der Waals surface area contributed by atoms with Gasteiger partial charge in [0, 0.05) is 26.7 Å². The molecule has 21 heavy (non-hydrogen) atoms. The third kappa shape index (κ3) is 4.14. The number of likely N-dealkylation sites (N-methyl/N-ethyl adjacent to an activating group) is 1. The number of hydrogen-bond acceptors (Lipinski definition) is 4. The van der Waals surface area contributed by atoms with Crippen molar-refractivity contribution >= 4 is 11.7 Å². The summed E-state index contributed by atoms with van der Waals surface area (Å²) in [6.45, 7) is 3.97. The summed E-state index contributed by atoms with van der Waals surface area (Å²) in [6.07, 6.45) is 4.08. The van der Waals surface area contributed by atoms with Gasteiger partial charge in [-0.2, -0.15) is 0 Å². The average Bonchev–Trinajstić information content (AvgIpc) is 2.98. The van der Waals surface area contributed by atoms with Gasteiger partial charge >= 0.3 is 0 Å². The Labute approximate surface area is 124 Å². The van der Waals surface area contributed by atoms with E-state index in [2.05, 4.69) is 10.3 Å². The highest BCUT2D eigenvalue weighted by Gasteiger charge is 2.23. The summed E-state index contributed by atoms with van der Waals surface area (Å²) in [5.41, 5.74) is 0.268. The number of hydrogen-bond donors (Lipinski definition) is 1. The molecule has 0 saturated carbocycles. The number of ether oxygens (including phenoxy) is 1. The van der Waals surface area contributed by atoms with Crippen LogP contribution < -0.4 is 5.32 Å². The van der Waals surface area contributed by atoms with Crippen LogP contribution >= 0.6 is 0 Å². The molecule has 5 nitrogen and oxygen atoms in total. The molecule has 0 spiro atoms. The Morgan fingerprint density at radius 2 is 2.43 bits per heavy atom. The summed E-state index contributed by atoms with van der Waals surface area (Å²) in [6, 6.07) is 1.24. The number of nitrogens with zero attached hydrogens (tertiary/aromatic N) is 2. The minimum Gasteiger partial charge on any atom is -0.376 e. The molecule has 1 atom stereocenters. The molecule has 1 unspecified atom stereocenters. The summed E-state index contributed by atoms with van der Waals surface area (Å²) in [7, 11) is 1.71. The average molecular weight is 295 g/mol. The predicted octanol–water partition coefficient (Wildman–Crippen LogP) is 2.29. The van der Waals surface area contributed by atoms with Crippen molar-refractivity contribution in [3.8, 4) is 0 Å². The van der Waals surface area contributed by atoms with E-state index in [9.17, 15) is 9.18 Å². The number of nitrogens with one attached hydrogen (secondary N) is 1. The Morgan fingerprint density at radius 3 is 3.10 bits per heavy atom. The molecular formula is C15H22FN3O2. The predicted molar refractivity (Wildman–Crippen MR) is 78.9 cm³/mol. The Hall–Kier alpha value is -1.69. The zero-order chi connectivity index (χ0) is 15.2. The molecular weight excluding hydrogens is 273 g/mol. The second-order valence-corrected chi connectivity index (χ2v) is 5.30. The minimum absolute atomic E-state index is 0.0764. The maximum Gasteiger partial charge on any atom is 0.257 e. The minimum atomic E-state index is -0.508. The Morgan fingerprint density at radius 1 is 1.62 bits per heavy atom. The second kappa shape index (κ2) is 7.36. The fourth-order valence-corrected chi connectivity index (χ4v) is 2.37. The lowest BCUT2D eigenvalue weighted by molar-refractivity contribution is 0.0587. The lowest BCUT2D eigenvalue weighted by Gasteiger charge is -2.22. The number of anilines is 1. The van der Waals surface area contributed by atoms with Gasteiger partial charge in [0.2, 0.25) is 0 Å². The van der Waals surface area contributed by atoms with E-state index in [1.807, 2.05) is 6.92 Å². The molecule has 1 aromatic rings. The van der Waals surface area contributed by atoms with Crippen molar-refractivity contribution in [2.75, 3.05) is 32.1 Å². The van der Waals surface area contributed by atoms with Gasteiger partial charge in [0.1, 0.15) is 11.6 Å². The van der Waals surface area contributed by atoms with Crippen LogP contribution in [-0.2, 0) is 4.74 Å². The summed E-state index contributed by atoms with van der Waals surface area (Å²) in [5, 5.41) is 3.06. The standard InChI is InChI=1S/C15H22FN3O2/c1-3-6-17-14-13(8-11(16)9-18-14)15(20)19(2)10-12-5-4-7-21-12/h8-9,12H,3-7,10H2,1-2H3,(H,17,18). The Balaban J connectivity index is 2.10. The molecule has 1 saturated heterocycles. The smallest absolute Gasteiger partial charge is 0.257 e. The van der Waals surface area contributed by atoms with Crippen LogP contribution in [-0.4, -0.2) is 48.6 Å². The molecule has 1 fully saturated rings. The van der Waals surface area contributed by atoms with Gasteiger partial charge in [0.25, 0.3) is 5.91 Å². The van der Waals surface area contributed by atoms with Crippen molar-refractivity contribution in [3.63, 3.8) is 0 Å². The molecule has 2 rings (SSSR count). The maximum absolute atomic E-state index is 13.4. The maximum atomic E-state index is 13.4. The van der Waals surface area contributed by atoms with Crippen molar-refractivity contribution in [2.24, 2.45) is 0 Å². The number of rotatable bonds is 6. The molecule has 116 valence electrons. The normalized spacial score (nSPS) is 17.8. The van der Waals surface area contributed by atoms with E-state index in [0.717, 1.165) is 32.1 Å². The van der Waals surface area contributed by atoms with Gasteiger partial charge in [-0.05, 0) is 25.3 Å². The largest absolute Gasteiger partial charge is 0.376 e. The molecule has 0 aromatic carbocycles. The monoisotopic (exact) mass is 295 g/mol. The highest BCUT2D eigenvalue weighted by Crippen LogP contribution is 2.18. The molecule has 1 amide bonds. The van der Waals surface area contributed by atoms with E-state index in [1.165, 1.54) is 6.07 Å². The van der Waals surface area contributed by atoms with Crippen LogP contribution in [0.5, 0.6) is 0 Å². The van der Waals surface area contributed by atoms with Gasteiger partial charge in [-0.1, -0.05) is 6.92 Å². The third-order valence-corrected chi connectivity index (χ3v) is 3.48. The van der Waals surface area contributed by atoms with Crippen LogP contribution in [0.1, 0.15) is 36.5 Å². The van der Waals surface area contributed by atoms with E-state index in [-0.39, 0.29) is 17.6 Å². The SMILES string of the molecule is CCCNc1ncc(F)cc1C(=O)N(C)CC1CCCO1. The van der Waals surface area contributed by atoms with Gasteiger partial charge in [0.15, 0.2) is 0 Å². The lowest BCUT2D eigenvalue weighted by atomic mass is 10.2. The quantitative estimate of drug-likeness (QED) is 0.875. The molecule has 1 N–H and O–H groups in total. The van der Waals surface area contributed by atoms with Crippen molar-refractivity contribution in [3.05, 3.63) is 23.6 Å². The van der Waals surface area contributed by atoms with Crippen molar-refractivity contribution in [2.45, 2.75) is 32.3 Å². The summed E-state index contributed by atoms with van der Waals surface area (Å²) < 4.78 is 18.9. The first kappa shape index (κ1) is 15.7. The van der Waals surface area contributed by atoms with E-state index < -0.39 is 5.82 Å². The zero-order valence-electron chi connectivity index (χ0n) is 12.6. The molecule has 1 aromatic heterocycles. The van der Waals surface area contributed by atoms with Gasteiger partial charge in [-0.25, -0.2) is 9.37 Å². The van der Waals surface area contributed by atoms with E-state index in [1.54, 1.807) is 11.9 Å². The number of carbonyl (C=O) groups is 1. The second-order valence-electron chi connectivity index (χ2n) is 5.30. The van der Waals surface area contributed by atoms with Crippen LogP contribution in [0.15, 0.2) is 12.3 Å². The first-order chi connectivity index (χ1) is 10.1. The number of carbonyl (C=O) groups excluding carboxylic acids is 1. The molecule has 6 heteroatoms. The van der Waals surface area contributed by atoms with Crippen molar-refractivity contribution in [1.29, 1.82) is 0 Å². The number of pyridine rings is 1. The topological polar surface area (TPSA) is 54.5 Å². The van der Waals surface area contributed by atoms with Gasteiger partial charge in [0.05, 0.1) is 17.9 Å². The zero-order valence-corrected chi connectivity index (χ0v) is 12.6. The van der Waals surface area contributed by atoms with E-state index in [4.69, 9.17) is 4.74 Å². The lowest BCUT2D eigenvalue weighted by Crippen LogP contribution is -2.34. The number of aromatic nitrogens is 1. The van der Waals surface area contributed by atoms with E-state index in [0.29, 0.717) is 18.9 Å². The summed E-state index contributed by atoms with van der Waals surface area (Å²) >= 11 is 0. The molecule has 0 aliphatic carbocycles. The van der Waals surface area contributed by atoms with Gasteiger partial charge < -0.3 is 15.0 Å². The summed E-state index contributed by atoms with van der Waals surface area (Å²) in [4.78, 5) is 18.1.